The van der Waals surface area contributed by atoms with E-state index < -0.39 is 0 Å². The Balaban J connectivity index is 1.77. The lowest BCUT2D eigenvalue weighted by Crippen LogP contribution is -2.42. The average molecular weight is 362 g/mol. The van der Waals surface area contributed by atoms with E-state index in [0.717, 1.165) is 18.4 Å². The minimum Gasteiger partial charge on any atom is -0.350 e. The molecule has 140 valence electrons. The minimum absolute atomic E-state index is 0.0228. The molecule has 3 rings (SSSR count). The number of rotatable bonds is 6. The van der Waals surface area contributed by atoms with Crippen molar-refractivity contribution in [3.8, 4) is 0 Å². The van der Waals surface area contributed by atoms with Crippen LogP contribution in [0.25, 0.3) is 6.08 Å². The molecule has 2 N–H and O–H groups in total. The first-order valence-electron chi connectivity index (χ1n) is 9.47. The van der Waals surface area contributed by atoms with Crippen LogP contribution >= 0.6 is 0 Å². The van der Waals surface area contributed by atoms with Gasteiger partial charge < -0.3 is 10.6 Å². The Morgan fingerprint density at radius 3 is 2.15 bits per heavy atom. The highest BCUT2D eigenvalue weighted by molar-refractivity contribution is 6.00. The molecule has 1 aliphatic rings. The third-order valence-electron chi connectivity index (χ3n) is 5.20. The monoisotopic (exact) mass is 362 g/mol. The number of carbonyl (C=O) groups is 2. The molecule has 27 heavy (non-hydrogen) atoms. The minimum atomic E-state index is -0.258. The predicted octanol–water partition coefficient (Wildman–Crippen LogP) is 3.79. The fourth-order valence-electron chi connectivity index (χ4n) is 3.82. The molecule has 2 aromatic rings. The third kappa shape index (κ3) is 4.85. The zero-order chi connectivity index (χ0) is 19.1. The Labute approximate surface area is 160 Å². The van der Waals surface area contributed by atoms with E-state index in [1.807, 2.05) is 36.4 Å². The molecule has 0 unspecified atom stereocenters. The van der Waals surface area contributed by atoms with Gasteiger partial charge in [0.05, 0.1) is 0 Å². The molecule has 0 heterocycles. The third-order valence-corrected chi connectivity index (χ3v) is 5.20. The summed E-state index contributed by atoms with van der Waals surface area (Å²) in [6.45, 7) is 1.98. The van der Waals surface area contributed by atoms with Crippen molar-refractivity contribution in [3.63, 3.8) is 0 Å². The van der Waals surface area contributed by atoms with Crippen molar-refractivity contribution in [2.45, 2.75) is 38.0 Å². The summed E-state index contributed by atoms with van der Waals surface area (Å²) in [6, 6.07) is 19.9. The zero-order valence-electron chi connectivity index (χ0n) is 15.7. The second-order valence-electron chi connectivity index (χ2n) is 7.19. The van der Waals surface area contributed by atoms with E-state index in [9.17, 15) is 9.59 Å². The van der Waals surface area contributed by atoms with Crippen LogP contribution in [-0.2, 0) is 15.0 Å². The van der Waals surface area contributed by atoms with Crippen LogP contribution in [0.3, 0.4) is 0 Å². The standard InChI is InChI=1S/C23H26N2O2/c1-18(26)25-21(16-19-10-4-2-5-11-19)22(27)24-17-23(14-8-9-15-23)20-12-6-3-7-13-20/h2-7,10-13,16H,8-9,14-15,17H2,1H3,(H,24,27)(H,25,26). The van der Waals surface area contributed by atoms with Crippen LogP contribution in [0, 0.1) is 0 Å². The van der Waals surface area contributed by atoms with Gasteiger partial charge in [-0.1, -0.05) is 73.5 Å². The van der Waals surface area contributed by atoms with Crippen molar-refractivity contribution in [1.82, 2.24) is 10.6 Å². The van der Waals surface area contributed by atoms with Crippen molar-refractivity contribution in [1.29, 1.82) is 0 Å². The second kappa shape index (κ2) is 8.67. The lowest BCUT2D eigenvalue weighted by molar-refractivity contribution is -0.122. The van der Waals surface area contributed by atoms with Crippen molar-refractivity contribution in [2.75, 3.05) is 6.54 Å². The number of hydrogen-bond acceptors (Lipinski definition) is 2. The van der Waals surface area contributed by atoms with Gasteiger partial charge in [0.15, 0.2) is 0 Å². The van der Waals surface area contributed by atoms with Crippen LogP contribution in [-0.4, -0.2) is 18.4 Å². The van der Waals surface area contributed by atoms with Gasteiger partial charge in [0.1, 0.15) is 5.70 Å². The molecule has 2 amide bonds. The van der Waals surface area contributed by atoms with E-state index in [4.69, 9.17) is 0 Å². The van der Waals surface area contributed by atoms with Gasteiger partial charge in [-0.3, -0.25) is 9.59 Å². The highest BCUT2D eigenvalue weighted by Gasteiger charge is 2.35. The normalized spacial score (nSPS) is 16.0. The quantitative estimate of drug-likeness (QED) is 0.768. The molecule has 0 spiro atoms. The Morgan fingerprint density at radius 1 is 0.963 bits per heavy atom. The predicted molar refractivity (Wildman–Crippen MR) is 108 cm³/mol. The van der Waals surface area contributed by atoms with Crippen molar-refractivity contribution in [2.24, 2.45) is 0 Å². The van der Waals surface area contributed by atoms with E-state index in [1.165, 1.54) is 25.3 Å². The largest absolute Gasteiger partial charge is 0.350 e. The van der Waals surface area contributed by atoms with Gasteiger partial charge in [0.25, 0.3) is 5.91 Å². The Hall–Kier alpha value is -2.88. The summed E-state index contributed by atoms with van der Waals surface area (Å²) >= 11 is 0. The molecule has 1 aliphatic carbocycles. The number of hydrogen-bond donors (Lipinski definition) is 2. The van der Waals surface area contributed by atoms with E-state index in [1.54, 1.807) is 6.08 Å². The summed E-state index contributed by atoms with van der Waals surface area (Å²) in [4.78, 5) is 24.4. The lowest BCUT2D eigenvalue weighted by atomic mass is 9.79. The van der Waals surface area contributed by atoms with E-state index >= 15 is 0 Å². The highest BCUT2D eigenvalue weighted by atomic mass is 16.2. The molecule has 0 saturated heterocycles. The first kappa shape index (κ1) is 18.9. The molecular weight excluding hydrogens is 336 g/mol. The molecule has 0 atom stereocenters. The van der Waals surface area contributed by atoms with Crippen LogP contribution in [0.4, 0.5) is 0 Å². The van der Waals surface area contributed by atoms with Gasteiger partial charge in [-0.25, -0.2) is 0 Å². The molecule has 0 aliphatic heterocycles. The fraction of sp³-hybridized carbons (Fsp3) is 0.304. The lowest BCUT2D eigenvalue weighted by Gasteiger charge is -2.30. The molecule has 4 heteroatoms. The smallest absolute Gasteiger partial charge is 0.267 e. The van der Waals surface area contributed by atoms with Crippen LogP contribution < -0.4 is 10.6 Å². The topological polar surface area (TPSA) is 58.2 Å². The van der Waals surface area contributed by atoms with Crippen LogP contribution in [0.15, 0.2) is 66.4 Å². The van der Waals surface area contributed by atoms with Gasteiger partial charge >= 0.3 is 0 Å². The van der Waals surface area contributed by atoms with Crippen molar-refractivity contribution >= 4 is 17.9 Å². The summed E-state index contributed by atoms with van der Waals surface area (Å²) in [7, 11) is 0. The molecule has 1 fully saturated rings. The zero-order valence-corrected chi connectivity index (χ0v) is 15.7. The van der Waals surface area contributed by atoms with Crippen LogP contribution in [0.1, 0.15) is 43.7 Å². The molecular formula is C23H26N2O2. The van der Waals surface area contributed by atoms with Crippen LogP contribution in [0.2, 0.25) is 0 Å². The number of carbonyl (C=O) groups excluding carboxylic acids is 2. The van der Waals surface area contributed by atoms with Gasteiger partial charge in [-0.15, -0.1) is 0 Å². The molecule has 0 aromatic heterocycles. The molecule has 1 saturated carbocycles. The Bertz CT molecular complexity index is 807. The van der Waals surface area contributed by atoms with Crippen molar-refractivity contribution < 1.29 is 9.59 Å². The summed E-state index contributed by atoms with van der Waals surface area (Å²) in [6.07, 6.45) is 6.18. The van der Waals surface area contributed by atoms with E-state index in [2.05, 4.69) is 34.9 Å². The van der Waals surface area contributed by atoms with E-state index in [0.29, 0.717) is 6.54 Å². The number of benzene rings is 2. The van der Waals surface area contributed by atoms with Gasteiger partial charge in [0, 0.05) is 18.9 Å². The molecule has 2 aromatic carbocycles. The van der Waals surface area contributed by atoms with Crippen molar-refractivity contribution in [3.05, 3.63) is 77.5 Å². The first-order valence-corrected chi connectivity index (χ1v) is 9.47. The maximum Gasteiger partial charge on any atom is 0.267 e. The fourth-order valence-corrected chi connectivity index (χ4v) is 3.82. The molecule has 4 nitrogen and oxygen atoms in total. The SMILES string of the molecule is CC(=O)NC(=Cc1ccccc1)C(=O)NCC1(c2ccccc2)CCCC1. The second-order valence-corrected chi connectivity index (χ2v) is 7.19. The summed E-state index contributed by atoms with van der Waals surface area (Å²) < 4.78 is 0. The maximum absolute atomic E-state index is 12.8. The van der Waals surface area contributed by atoms with E-state index in [-0.39, 0.29) is 22.9 Å². The molecule has 0 radical (unpaired) electrons. The average Bonchev–Trinajstić information content (AvgIpc) is 3.17. The summed E-state index contributed by atoms with van der Waals surface area (Å²) in [5, 5.41) is 5.73. The highest BCUT2D eigenvalue weighted by Crippen LogP contribution is 2.40. The number of nitrogens with one attached hydrogen (secondary N) is 2. The molecule has 0 bridgehead atoms. The summed E-state index contributed by atoms with van der Waals surface area (Å²) in [5.41, 5.74) is 2.39. The maximum atomic E-state index is 12.8. The summed E-state index contributed by atoms with van der Waals surface area (Å²) in [5.74, 6) is -0.512. The van der Waals surface area contributed by atoms with Gasteiger partial charge in [0.2, 0.25) is 5.91 Å². The Morgan fingerprint density at radius 2 is 1.56 bits per heavy atom. The number of amides is 2. The Kier molecular flexibility index (Phi) is 6.07. The first-order chi connectivity index (χ1) is 13.1. The van der Waals surface area contributed by atoms with Gasteiger partial charge in [-0.05, 0) is 30.0 Å². The van der Waals surface area contributed by atoms with Crippen LogP contribution in [0.5, 0.6) is 0 Å². The van der Waals surface area contributed by atoms with Gasteiger partial charge in [-0.2, -0.15) is 0 Å².